The van der Waals surface area contributed by atoms with Gasteiger partial charge in [0.2, 0.25) is 15.9 Å². The Balaban J connectivity index is 1.43. The van der Waals surface area contributed by atoms with Crippen LogP contribution in [0, 0.1) is 12.8 Å². The van der Waals surface area contributed by atoms with Crippen molar-refractivity contribution < 1.29 is 13.2 Å². The third-order valence-corrected chi connectivity index (χ3v) is 7.81. The fraction of sp³-hybridized carbons (Fsp3) is 0.273. The molecule has 0 radical (unpaired) electrons. The molecule has 4 rings (SSSR count). The molecule has 1 aromatic heterocycles. The van der Waals surface area contributed by atoms with Crippen LogP contribution in [0.1, 0.15) is 18.5 Å². The van der Waals surface area contributed by atoms with Crippen molar-refractivity contribution in [2.24, 2.45) is 5.92 Å². The van der Waals surface area contributed by atoms with Gasteiger partial charge in [-0.25, -0.2) is 13.1 Å². The molecule has 0 unspecified atom stereocenters. The number of aryl methyl sites for hydroxylation is 1. The van der Waals surface area contributed by atoms with Gasteiger partial charge >= 0.3 is 0 Å². The highest BCUT2D eigenvalue weighted by atomic mass is 35.5. The van der Waals surface area contributed by atoms with Crippen LogP contribution >= 0.6 is 23.2 Å². The molecule has 1 saturated heterocycles. The summed E-state index contributed by atoms with van der Waals surface area (Å²) in [7, 11) is -3.61. The Kier molecular flexibility index (Phi) is 6.57. The Morgan fingerprint density at radius 1 is 1.03 bits per heavy atom. The molecule has 2 heterocycles. The average molecular weight is 493 g/mol. The first kappa shape index (κ1) is 22.8. The predicted molar refractivity (Wildman–Crippen MR) is 125 cm³/mol. The molecule has 7 nitrogen and oxygen atoms in total. The Morgan fingerprint density at radius 2 is 1.72 bits per heavy atom. The van der Waals surface area contributed by atoms with Crippen LogP contribution in [0.15, 0.2) is 59.5 Å². The van der Waals surface area contributed by atoms with Crippen molar-refractivity contribution in [2.45, 2.75) is 24.7 Å². The van der Waals surface area contributed by atoms with Crippen molar-refractivity contribution in [3.05, 3.63) is 70.3 Å². The molecule has 10 heteroatoms. The minimum absolute atomic E-state index is 0.156. The number of benzene rings is 2. The fourth-order valence-corrected chi connectivity index (χ4v) is 5.52. The standard InChI is InChI=1S/C22H22Cl2N4O3S/c1-15-13-21(28(26-15)19-4-2-3-18(24)14-19)25-22(29)16-9-11-27(12-10-16)32(30,31)20-7-5-17(23)6-8-20/h2-8,13-14,16H,9-12H2,1H3,(H,25,29). The van der Waals surface area contributed by atoms with Gasteiger partial charge < -0.3 is 5.32 Å². The number of carbonyl (C=O) groups is 1. The number of sulfonamides is 1. The molecule has 1 fully saturated rings. The van der Waals surface area contributed by atoms with Gasteiger partial charge in [0, 0.05) is 35.1 Å². The maximum atomic E-state index is 12.9. The first-order valence-electron chi connectivity index (χ1n) is 10.1. The number of piperidine rings is 1. The highest BCUT2D eigenvalue weighted by Crippen LogP contribution is 2.26. The van der Waals surface area contributed by atoms with Crippen LogP contribution in [0.3, 0.4) is 0 Å². The van der Waals surface area contributed by atoms with Crippen molar-refractivity contribution >= 4 is 45.0 Å². The number of halogens is 2. The van der Waals surface area contributed by atoms with E-state index in [9.17, 15) is 13.2 Å². The number of nitrogens with one attached hydrogen (secondary N) is 1. The number of anilines is 1. The number of amides is 1. The summed E-state index contributed by atoms with van der Waals surface area (Å²) in [6.45, 7) is 2.39. The monoisotopic (exact) mass is 492 g/mol. The van der Waals surface area contributed by atoms with Gasteiger partial charge in [-0.3, -0.25) is 4.79 Å². The van der Waals surface area contributed by atoms with E-state index in [0.717, 1.165) is 11.4 Å². The van der Waals surface area contributed by atoms with Crippen LogP contribution in [0.5, 0.6) is 0 Å². The molecular weight excluding hydrogens is 471 g/mol. The van der Waals surface area contributed by atoms with Crippen molar-refractivity contribution in [3.63, 3.8) is 0 Å². The van der Waals surface area contributed by atoms with Gasteiger partial charge in [-0.15, -0.1) is 0 Å². The number of aromatic nitrogens is 2. The van der Waals surface area contributed by atoms with Crippen LogP contribution in [-0.4, -0.2) is 41.5 Å². The largest absolute Gasteiger partial charge is 0.310 e. The van der Waals surface area contributed by atoms with Gasteiger partial charge in [0.25, 0.3) is 0 Å². The lowest BCUT2D eigenvalue weighted by Gasteiger charge is -2.30. The predicted octanol–water partition coefficient (Wildman–Crippen LogP) is 4.53. The molecule has 1 aliphatic heterocycles. The van der Waals surface area contributed by atoms with E-state index in [2.05, 4.69) is 10.4 Å². The van der Waals surface area contributed by atoms with E-state index in [4.69, 9.17) is 23.2 Å². The Hall–Kier alpha value is -2.39. The third kappa shape index (κ3) is 4.83. The molecule has 0 atom stereocenters. The number of hydrogen-bond donors (Lipinski definition) is 1. The summed E-state index contributed by atoms with van der Waals surface area (Å²) >= 11 is 12.0. The lowest BCUT2D eigenvalue weighted by molar-refractivity contribution is -0.120. The summed E-state index contributed by atoms with van der Waals surface area (Å²) in [5, 5.41) is 8.45. The smallest absolute Gasteiger partial charge is 0.243 e. The van der Waals surface area contributed by atoms with E-state index >= 15 is 0 Å². The van der Waals surface area contributed by atoms with Gasteiger partial charge in [-0.05, 0) is 62.2 Å². The Morgan fingerprint density at radius 3 is 2.38 bits per heavy atom. The second-order valence-corrected chi connectivity index (χ2v) is 10.5. The van der Waals surface area contributed by atoms with Crippen molar-refractivity contribution in [2.75, 3.05) is 18.4 Å². The summed E-state index contributed by atoms with van der Waals surface area (Å²) in [4.78, 5) is 13.1. The highest BCUT2D eigenvalue weighted by Gasteiger charge is 2.32. The quantitative estimate of drug-likeness (QED) is 0.566. The minimum atomic E-state index is -3.61. The summed E-state index contributed by atoms with van der Waals surface area (Å²) in [6, 6.07) is 15.1. The molecule has 0 spiro atoms. The molecule has 0 aliphatic carbocycles. The Labute approximate surface area is 197 Å². The summed E-state index contributed by atoms with van der Waals surface area (Å²) in [5.41, 5.74) is 1.49. The van der Waals surface area contributed by atoms with Gasteiger partial charge in [0.1, 0.15) is 5.82 Å². The highest BCUT2D eigenvalue weighted by molar-refractivity contribution is 7.89. The van der Waals surface area contributed by atoms with E-state index in [0.29, 0.717) is 28.7 Å². The molecule has 2 aromatic carbocycles. The maximum absolute atomic E-state index is 12.9. The number of rotatable bonds is 5. The first-order valence-corrected chi connectivity index (χ1v) is 12.3. The van der Waals surface area contributed by atoms with Crippen LogP contribution in [0.2, 0.25) is 10.0 Å². The first-order chi connectivity index (χ1) is 15.2. The SMILES string of the molecule is Cc1cc(NC(=O)C2CCN(S(=O)(=O)c3ccc(Cl)cc3)CC2)n(-c2cccc(Cl)c2)n1. The summed E-state index contributed by atoms with van der Waals surface area (Å²) in [5.74, 6) is 0.0948. The molecular formula is C22H22Cl2N4O3S. The van der Waals surface area contributed by atoms with Gasteiger partial charge in [-0.1, -0.05) is 29.3 Å². The van der Waals surface area contributed by atoms with Crippen molar-refractivity contribution in [1.82, 2.24) is 14.1 Å². The van der Waals surface area contributed by atoms with Gasteiger partial charge in [-0.2, -0.15) is 9.40 Å². The molecule has 1 N–H and O–H groups in total. The molecule has 3 aromatic rings. The lowest BCUT2D eigenvalue weighted by atomic mass is 9.97. The summed E-state index contributed by atoms with van der Waals surface area (Å²) in [6.07, 6.45) is 0.867. The van der Waals surface area contributed by atoms with Crippen LogP contribution < -0.4 is 5.32 Å². The fourth-order valence-electron chi connectivity index (χ4n) is 3.74. The normalized spacial score (nSPS) is 15.6. The second kappa shape index (κ2) is 9.23. The van der Waals surface area contributed by atoms with Crippen LogP contribution in [0.4, 0.5) is 5.82 Å². The van der Waals surface area contributed by atoms with E-state index in [1.54, 1.807) is 35.0 Å². The van der Waals surface area contributed by atoms with Gasteiger partial charge in [0.15, 0.2) is 0 Å². The molecule has 168 valence electrons. The van der Waals surface area contributed by atoms with E-state index in [-0.39, 0.29) is 29.8 Å². The second-order valence-electron chi connectivity index (χ2n) is 7.68. The van der Waals surface area contributed by atoms with Crippen LogP contribution in [0.25, 0.3) is 5.69 Å². The third-order valence-electron chi connectivity index (χ3n) is 5.41. The number of hydrogen-bond acceptors (Lipinski definition) is 4. The number of nitrogens with zero attached hydrogens (tertiary/aromatic N) is 3. The molecule has 32 heavy (non-hydrogen) atoms. The number of carbonyl (C=O) groups excluding carboxylic acids is 1. The average Bonchev–Trinajstić information content (AvgIpc) is 3.14. The Bertz CT molecular complexity index is 1230. The van der Waals surface area contributed by atoms with Crippen molar-refractivity contribution in [1.29, 1.82) is 0 Å². The zero-order valence-corrected chi connectivity index (χ0v) is 19.7. The minimum Gasteiger partial charge on any atom is -0.310 e. The molecule has 1 amide bonds. The zero-order chi connectivity index (χ0) is 22.9. The van der Waals surface area contributed by atoms with Crippen molar-refractivity contribution in [3.8, 4) is 5.69 Å². The maximum Gasteiger partial charge on any atom is 0.243 e. The zero-order valence-electron chi connectivity index (χ0n) is 17.3. The lowest BCUT2D eigenvalue weighted by Crippen LogP contribution is -2.41. The summed E-state index contributed by atoms with van der Waals surface area (Å²) < 4.78 is 28.8. The molecule has 0 saturated carbocycles. The molecule has 1 aliphatic rings. The van der Waals surface area contributed by atoms with Crippen LogP contribution in [-0.2, 0) is 14.8 Å². The van der Waals surface area contributed by atoms with E-state index in [1.165, 1.54) is 16.4 Å². The topological polar surface area (TPSA) is 84.3 Å². The van der Waals surface area contributed by atoms with E-state index < -0.39 is 10.0 Å². The molecule has 0 bridgehead atoms. The van der Waals surface area contributed by atoms with E-state index in [1.807, 2.05) is 19.1 Å². The van der Waals surface area contributed by atoms with Gasteiger partial charge in [0.05, 0.1) is 16.3 Å².